The molecule has 1 aromatic heterocycles. The topological polar surface area (TPSA) is 80.6 Å². The number of benzene rings is 2. The van der Waals surface area contributed by atoms with Crippen molar-refractivity contribution in [1.82, 2.24) is 5.32 Å². The maximum Gasteiger partial charge on any atom is 0.255 e. The number of furan rings is 1. The zero-order valence-electron chi connectivity index (χ0n) is 14.3. The van der Waals surface area contributed by atoms with Crippen molar-refractivity contribution in [2.24, 2.45) is 0 Å². The first-order valence-electron chi connectivity index (χ1n) is 7.88. The number of nitrogens with one attached hydrogen (secondary N) is 2. The van der Waals surface area contributed by atoms with Gasteiger partial charge in [-0.2, -0.15) is 0 Å². The van der Waals surface area contributed by atoms with Crippen molar-refractivity contribution in [3.05, 3.63) is 58.8 Å². The fourth-order valence-corrected chi connectivity index (χ4v) is 2.72. The van der Waals surface area contributed by atoms with Gasteiger partial charge in [-0.15, -0.1) is 0 Å². The molecule has 0 bridgehead atoms. The molecular weight excluding hydrogens is 356 g/mol. The third-order valence-corrected chi connectivity index (χ3v) is 4.09. The van der Waals surface area contributed by atoms with Crippen LogP contribution in [0.3, 0.4) is 0 Å². The molecule has 3 rings (SSSR count). The van der Waals surface area contributed by atoms with Crippen LogP contribution in [0.4, 0.5) is 5.69 Å². The molecule has 0 atom stereocenters. The zero-order chi connectivity index (χ0) is 18.7. The first-order valence-corrected chi connectivity index (χ1v) is 8.26. The molecule has 26 heavy (non-hydrogen) atoms. The van der Waals surface area contributed by atoms with E-state index in [1.165, 1.54) is 0 Å². The summed E-state index contributed by atoms with van der Waals surface area (Å²) in [6.45, 7) is 1.53. The second kappa shape index (κ2) is 7.49. The number of carbonyl (C=O) groups excluding carboxylic acids is 2. The Kier molecular flexibility index (Phi) is 5.14. The summed E-state index contributed by atoms with van der Waals surface area (Å²) in [6.07, 6.45) is 0. The van der Waals surface area contributed by atoms with E-state index in [4.69, 9.17) is 20.8 Å². The summed E-state index contributed by atoms with van der Waals surface area (Å²) in [4.78, 5) is 24.6. The molecule has 7 heteroatoms. The number of ether oxygens (including phenoxy) is 1. The van der Waals surface area contributed by atoms with Crippen molar-refractivity contribution in [2.45, 2.75) is 6.92 Å². The predicted octanol–water partition coefficient (Wildman–Crippen LogP) is 3.77. The maximum absolute atomic E-state index is 12.5. The van der Waals surface area contributed by atoms with Crippen LogP contribution in [0.1, 0.15) is 16.1 Å². The highest BCUT2D eigenvalue weighted by molar-refractivity contribution is 6.30. The van der Waals surface area contributed by atoms with Crippen molar-refractivity contribution in [3.63, 3.8) is 0 Å². The van der Waals surface area contributed by atoms with Crippen LogP contribution in [-0.4, -0.2) is 25.5 Å². The summed E-state index contributed by atoms with van der Waals surface area (Å²) in [5.74, 6) is 0.362. The molecule has 134 valence electrons. The largest absolute Gasteiger partial charge is 0.497 e. The molecule has 2 amide bonds. The van der Waals surface area contributed by atoms with E-state index in [2.05, 4.69) is 10.6 Å². The van der Waals surface area contributed by atoms with Gasteiger partial charge in [0.25, 0.3) is 5.91 Å². The number of aryl methyl sites for hydroxylation is 1. The molecule has 0 fully saturated rings. The van der Waals surface area contributed by atoms with Crippen LogP contribution < -0.4 is 15.4 Å². The van der Waals surface area contributed by atoms with Crippen molar-refractivity contribution in [2.75, 3.05) is 19.0 Å². The third kappa shape index (κ3) is 3.81. The van der Waals surface area contributed by atoms with E-state index in [9.17, 15) is 9.59 Å². The predicted molar refractivity (Wildman–Crippen MR) is 99.9 cm³/mol. The van der Waals surface area contributed by atoms with E-state index in [0.717, 1.165) is 0 Å². The molecule has 6 nitrogen and oxygen atoms in total. The molecule has 0 saturated carbocycles. The molecule has 0 aliphatic heterocycles. The second-order valence-corrected chi connectivity index (χ2v) is 6.07. The number of fused-ring (bicyclic) bond motifs is 1. The Morgan fingerprint density at radius 2 is 1.88 bits per heavy atom. The molecule has 0 aliphatic rings. The minimum Gasteiger partial charge on any atom is -0.497 e. The highest BCUT2D eigenvalue weighted by Gasteiger charge is 2.19. The number of carbonyl (C=O) groups is 2. The van der Waals surface area contributed by atoms with Gasteiger partial charge in [0.1, 0.15) is 17.1 Å². The van der Waals surface area contributed by atoms with Crippen molar-refractivity contribution in [3.8, 4) is 5.75 Å². The normalized spacial score (nSPS) is 10.6. The Hall–Kier alpha value is -2.99. The van der Waals surface area contributed by atoms with Crippen LogP contribution in [0, 0.1) is 6.92 Å². The number of methoxy groups -OCH3 is 1. The first-order chi connectivity index (χ1) is 12.5. The molecular formula is C19H17ClN2O4. The van der Waals surface area contributed by atoms with Gasteiger partial charge in [0.15, 0.2) is 0 Å². The van der Waals surface area contributed by atoms with E-state index in [0.29, 0.717) is 38.8 Å². The van der Waals surface area contributed by atoms with Gasteiger partial charge in [-0.1, -0.05) is 11.6 Å². The molecule has 0 aliphatic carbocycles. The van der Waals surface area contributed by atoms with Gasteiger partial charge >= 0.3 is 0 Å². The fraction of sp³-hybridized carbons (Fsp3) is 0.158. The number of halogens is 1. The zero-order valence-corrected chi connectivity index (χ0v) is 15.0. The van der Waals surface area contributed by atoms with Gasteiger partial charge in [-0.25, -0.2) is 0 Å². The molecule has 2 N–H and O–H groups in total. The Balaban J connectivity index is 1.70. The average Bonchev–Trinajstić information content (AvgIpc) is 2.96. The number of rotatable bonds is 5. The first kappa shape index (κ1) is 17.8. The van der Waals surface area contributed by atoms with E-state index >= 15 is 0 Å². The van der Waals surface area contributed by atoms with Crippen molar-refractivity contribution >= 4 is 40.1 Å². The standard InChI is InChI=1S/C19H17ClN2O4/c1-11-18(15-9-14(25-2)7-8-16(15)26-11)19(24)21-10-17(23)22-13-5-3-12(20)4-6-13/h3-9H,10H2,1-2H3,(H,21,24)(H,22,23). The van der Waals surface area contributed by atoms with Gasteiger partial charge < -0.3 is 19.8 Å². The summed E-state index contributed by atoms with van der Waals surface area (Å²) in [7, 11) is 1.55. The van der Waals surface area contributed by atoms with Crippen LogP contribution in [0.15, 0.2) is 46.9 Å². The molecule has 0 saturated heterocycles. The molecule has 0 unspecified atom stereocenters. The van der Waals surface area contributed by atoms with Crippen LogP contribution in [-0.2, 0) is 4.79 Å². The van der Waals surface area contributed by atoms with Crippen LogP contribution in [0.5, 0.6) is 5.75 Å². The van der Waals surface area contributed by atoms with E-state index in [1.807, 2.05) is 0 Å². The quantitative estimate of drug-likeness (QED) is 0.714. The molecule has 3 aromatic rings. The number of anilines is 1. The second-order valence-electron chi connectivity index (χ2n) is 5.63. The number of hydrogen-bond acceptors (Lipinski definition) is 4. The number of amides is 2. The Morgan fingerprint density at radius 1 is 1.15 bits per heavy atom. The Labute approximate surface area is 155 Å². The molecule has 1 heterocycles. The molecule has 2 aromatic carbocycles. The highest BCUT2D eigenvalue weighted by atomic mass is 35.5. The third-order valence-electron chi connectivity index (χ3n) is 3.84. The van der Waals surface area contributed by atoms with Crippen LogP contribution in [0.2, 0.25) is 5.02 Å². The van der Waals surface area contributed by atoms with E-state index in [1.54, 1.807) is 56.5 Å². The SMILES string of the molecule is COc1ccc2oc(C)c(C(=O)NCC(=O)Nc3ccc(Cl)cc3)c2c1. The smallest absolute Gasteiger partial charge is 0.255 e. The highest BCUT2D eigenvalue weighted by Crippen LogP contribution is 2.28. The van der Waals surface area contributed by atoms with Crippen LogP contribution >= 0.6 is 11.6 Å². The summed E-state index contributed by atoms with van der Waals surface area (Å²) in [5.41, 5.74) is 1.57. The maximum atomic E-state index is 12.5. The summed E-state index contributed by atoms with van der Waals surface area (Å²) in [5, 5.41) is 6.51. The Morgan fingerprint density at radius 3 is 2.58 bits per heavy atom. The lowest BCUT2D eigenvalue weighted by Gasteiger charge is -2.07. The van der Waals surface area contributed by atoms with Crippen molar-refractivity contribution < 1.29 is 18.7 Å². The summed E-state index contributed by atoms with van der Waals surface area (Å²) in [6, 6.07) is 11.9. The van der Waals surface area contributed by atoms with Gasteiger partial charge in [-0.05, 0) is 49.4 Å². The lowest BCUT2D eigenvalue weighted by atomic mass is 10.1. The minimum absolute atomic E-state index is 0.169. The van der Waals surface area contributed by atoms with E-state index < -0.39 is 0 Å². The lowest BCUT2D eigenvalue weighted by Crippen LogP contribution is -2.33. The Bertz CT molecular complexity index is 964. The van der Waals surface area contributed by atoms with E-state index in [-0.39, 0.29) is 18.4 Å². The number of hydrogen-bond donors (Lipinski definition) is 2. The van der Waals surface area contributed by atoms with Gasteiger partial charge in [0.05, 0.1) is 19.2 Å². The monoisotopic (exact) mass is 372 g/mol. The summed E-state index contributed by atoms with van der Waals surface area (Å²) < 4.78 is 10.8. The molecule has 0 radical (unpaired) electrons. The minimum atomic E-state index is -0.388. The lowest BCUT2D eigenvalue weighted by molar-refractivity contribution is -0.115. The van der Waals surface area contributed by atoms with Gasteiger partial charge in [-0.3, -0.25) is 9.59 Å². The van der Waals surface area contributed by atoms with Crippen LogP contribution in [0.25, 0.3) is 11.0 Å². The fourth-order valence-electron chi connectivity index (χ4n) is 2.60. The summed E-state index contributed by atoms with van der Waals surface area (Å²) >= 11 is 5.80. The van der Waals surface area contributed by atoms with Gasteiger partial charge in [0.2, 0.25) is 5.91 Å². The van der Waals surface area contributed by atoms with Crippen molar-refractivity contribution in [1.29, 1.82) is 0 Å². The van der Waals surface area contributed by atoms with Gasteiger partial charge in [0, 0.05) is 16.1 Å². The molecule has 0 spiro atoms. The average molecular weight is 373 g/mol.